The van der Waals surface area contributed by atoms with Gasteiger partial charge in [-0.3, -0.25) is 4.79 Å². The zero-order valence-corrected chi connectivity index (χ0v) is 25.0. The van der Waals surface area contributed by atoms with Gasteiger partial charge in [0.2, 0.25) is 5.36 Å². The summed E-state index contributed by atoms with van der Waals surface area (Å²) in [5.41, 5.74) is 18.6. The molecule has 3 aromatic carbocycles. The average Bonchev–Trinajstić information content (AvgIpc) is 3.05. The molecule has 0 bridgehead atoms. The van der Waals surface area contributed by atoms with E-state index in [2.05, 4.69) is 37.0 Å². The molecule has 2 N–H and O–H groups in total. The summed E-state index contributed by atoms with van der Waals surface area (Å²) in [6, 6.07) is 10.1. The highest BCUT2D eigenvalue weighted by Crippen LogP contribution is 2.48. The Bertz CT molecular complexity index is 1900. The molecule has 3 aromatic rings. The fourth-order valence-corrected chi connectivity index (χ4v) is 8.19. The molecular weight excluding hydrogens is 552 g/mol. The summed E-state index contributed by atoms with van der Waals surface area (Å²) in [6.45, 7) is 5.05. The van der Waals surface area contributed by atoms with Gasteiger partial charge in [0.1, 0.15) is 30.3 Å². The first-order chi connectivity index (χ1) is 21.6. The normalized spacial score (nSPS) is 17.4. The molecule has 0 atom stereocenters. The van der Waals surface area contributed by atoms with Crippen LogP contribution in [-0.2, 0) is 25.7 Å². The minimum Gasteiger partial charge on any atom is -0.507 e. The summed E-state index contributed by atoms with van der Waals surface area (Å²) in [4.78, 5) is 18.6. The van der Waals surface area contributed by atoms with Crippen molar-refractivity contribution in [1.82, 2.24) is 9.89 Å². The number of aromatic hydroxyl groups is 1. The number of carbonyl (C=O) groups excluding carboxylic acids is 1. The van der Waals surface area contributed by atoms with Crippen molar-refractivity contribution in [2.24, 2.45) is 5.11 Å². The summed E-state index contributed by atoms with van der Waals surface area (Å²) in [5, 5.41) is 19.7. The lowest BCUT2D eigenvalue weighted by Crippen LogP contribution is -2.45. The topological polar surface area (TPSA) is 114 Å². The van der Waals surface area contributed by atoms with Crippen LogP contribution in [0.3, 0.4) is 0 Å². The third-order valence-electron chi connectivity index (χ3n) is 10.0. The third-order valence-corrected chi connectivity index (χ3v) is 10.0. The van der Waals surface area contributed by atoms with Gasteiger partial charge < -0.3 is 20.1 Å². The van der Waals surface area contributed by atoms with Crippen molar-refractivity contribution < 1.29 is 14.6 Å². The number of hydrogen-bond acceptors (Lipinski definition) is 5. The van der Waals surface area contributed by atoms with Gasteiger partial charge in [0.05, 0.1) is 11.1 Å². The average molecular weight is 590 g/mol. The molecule has 0 spiro atoms. The quantitative estimate of drug-likeness (QED) is 0.115. The van der Waals surface area contributed by atoms with E-state index in [1.54, 1.807) is 6.07 Å². The van der Waals surface area contributed by atoms with Crippen LogP contribution >= 0.6 is 0 Å². The van der Waals surface area contributed by atoms with E-state index in [4.69, 9.17) is 10.3 Å². The number of nitrogens with one attached hydrogen (secondary N) is 1. The van der Waals surface area contributed by atoms with Crippen molar-refractivity contribution in [3.8, 4) is 17.2 Å². The highest BCUT2D eigenvalue weighted by molar-refractivity contribution is 5.99. The summed E-state index contributed by atoms with van der Waals surface area (Å²) < 4.78 is 9.68. The monoisotopic (exact) mass is 589 g/mol. The maximum atomic E-state index is 13.3. The first kappa shape index (κ1) is 27.1. The zero-order valence-electron chi connectivity index (χ0n) is 25.0. The number of phenolic OH excluding ortho intramolecular Hbond substituents is 1. The number of rotatable bonds is 6. The highest BCUT2D eigenvalue weighted by Gasteiger charge is 2.35. The molecule has 5 heterocycles. The number of hydrogen-bond donors (Lipinski definition) is 2. The van der Waals surface area contributed by atoms with E-state index in [0.717, 1.165) is 111 Å². The minimum absolute atomic E-state index is 0.0539. The molecule has 5 aliphatic heterocycles. The lowest BCUT2D eigenvalue weighted by molar-refractivity contribution is 0.0951. The van der Waals surface area contributed by atoms with Crippen LogP contribution in [0.4, 0.5) is 5.69 Å². The van der Waals surface area contributed by atoms with Crippen LogP contribution in [0.25, 0.3) is 16.0 Å². The Kier molecular flexibility index (Phi) is 6.71. The van der Waals surface area contributed by atoms with Crippen LogP contribution in [0, 0.1) is 0 Å². The second kappa shape index (κ2) is 10.9. The lowest BCUT2D eigenvalue weighted by Gasteiger charge is -2.39. The van der Waals surface area contributed by atoms with Crippen molar-refractivity contribution in [2.45, 2.75) is 57.8 Å². The van der Waals surface area contributed by atoms with Gasteiger partial charge >= 0.3 is 0 Å². The van der Waals surface area contributed by atoms with Gasteiger partial charge in [-0.15, -0.1) is 0 Å². The fraction of sp³-hybridized carbons (Fsp3) is 0.429. The second-order valence-electron chi connectivity index (χ2n) is 12.6. The Morgan fingerprint density at radius 1 is 1.00 bits per heavy atom. The molecule has 8 rings (SSSR count). The number of aryl methyl sites for hydroxylation is 2. The van der Waals surface area contributed by atoms with Crippen molar-refractivity contribution in [2.75, 3.05) is 44.2 Å². The van der Waals surface area contributed by atoms with E-state index in [9.17, 15) is 9.90 Å². The SMILES string of the molecule is [N-]=[N+]=NCCCNC(=O)c1cc(C2=c3cc4c5c(c3Oc3c2cc2c6c3CCCN6CCC2)CCC[N+]=5CCC4)ccc1O. The molecule has 0 aliphatic carbocycles. The van der Waals surface area contributed by atoms with Crippen LogP contribution in [0.2, 0.25) is 0 Å². The number of fused-ring (bicyclic) bond motifs is 4. The van der Waals surface area contributed by atoms with Crippen LogP contribution in [0.15, 0.2) is 35.4 Å². The van der Waals surface area contributed by atoms with Gasteiger partial charge in [0.25, 0.3) is 5.91 Å². The van der Waals surface area contributed by atoms with Crippen molar-refractivity contribution in [1.29, 1.82) is 0 Å². The van der Waals surface area contributed by atoms with Crippen molar-refractivity contribution in [3.05, 3.63) is 90.3 Å². The van der Waals surface area contributed by atoms with Gasteiger partial charge in [0, 0.05) is 77.1 Å². The fourth-order valence-electron chi connectivity index (χ4n) is 8.19. The first-order valence-electron chi connectivity index (χ1n) is 16.2. The predicted octanol–water partition coefficient (Wildman–Crippen LogP) is 4.26. The van der Waals surface area contributed by atoms with Gasteiger partial charge in [-0.25, -0.2) is 4.58 Å². The van der Waals surface area contributed by atoms with Crippen LogP contribution in [-0.4, -0.2) is 50.3 Å². The van der Waals surface area contributed by atoms with E-state index >= 15 is 0 Å². The number of nitrogens with zero attached hydrogens (tertiary/aromatic N) is 5. The standard InChI is InChI=1S/C35H36N6O3/c36-39-38-13-5-12-37-35(43)26-18-21(10-11-29(26)42)30-27-19-22-6-1-14-40-16-3-8-24(31(22)40)33(27)44-34-25-9-4-17-41-15-2-7-23(32(25)41)20-28(30)34/h10-11,18-20H,1-9,12-17H2,(H,37,43)/p+1. The summed E-state index contributed by atoms with van der Waals surface area (Å²) >= 11 is 0. The van der Waals surface area contributed by atoms with Gasteiger partial charge in [-0.2, -0.15) is 0 Å². The van der Waals surface area contributed by atoms with E-state index in [-0.39, 0.29) is 17.2 Å². The van der Waals surface area contributed by atoms with E-state index in [1.165, 1.54) is 33.3 Å². The molecule has 0 aromatic heterocycles. The third kappa shape index (κ3) is 4.33. The van der Waals surface area contributed by atoms with E-state index in [0.29, 0.717) is 19.5 Å². The number of ether oxygens (including phenoxy) is 1. The van der Waals surface area contributed by atoms with Crippen LogP contribution < -0.4 is 30.1 Å². The largest absolute Gasteiger partial charge is 0.507 e. The molecule has 0 radical (unpaired) electrons. The molecule has 0 saturated carbocycles. The Labute approximate surface area is 256 Å². The van der Waals surface area contributed by atoms with Crippen LogP contribution in [0.5, 0.6) is 17.2 Å². The number of benzene rings is 3. The Balaban J connectivity index is 1.36. The summed E-state index contributed by atoms with van der Waals surface area (Å²) in [5.74, 6) is 1.55. The number of carbonyl (C=O) groups is 1. The second-order valence-corrected chi connectivity index (χ2v) is 12.6. The van der Waals surface area contributed by atoms with Crippen molar-refractivity contribution >= 4 is 17.2 Å². The molecule has 0 fully saturated rings. The van der Waals surface area contributed by atoms with E-state index in [1.807, 2.05) is 12.1 Å². The molecule has 1 amide bonds. The molecule has 224 valence electrons. The maximum Gasteiger partial charge on any atom is 0.255 e. The van der Waals surface area contributed by atoms with Gasteiger partial charge in [-0.05, 0) is 85.9 Å². The molecule has 0 unspecified atom stereocenters. The Hall–Kier alpha value is -4.49. The molecule has 9 nitrogen and oxygen atoms in total. The predicted molar refractivity (Wildman–Crippen MR) is 169 cm³/mol. The number of anilines is 1. The highest BCUT2D eigenvalue weighted by atomic mass is 16.5. The molecular formula is C35H37N6O3+. The maximum absolute atomic E-state index is 13.3. The first-order valence-corrected chi connectivity index (χ1v) is 16.2. The van der Waals surface area contributed by atoms with E-state index < -0.39 is 0 Å². The lowest BCUT2D eigenvalue weighted by atomic mass is 9.82. The van der Waals surface area contributed by atoms with Gasteiger partial charge in [-0.1, -0.05) is 11.2 Å². The number of phenols is 1. The van der Waals surface area contributed by atoms with Crippen LogP contribution in [0.1, 0.15) is 75.8 Å². The minimum atomic E-state index is -0.342. The molecule has 9 heteroatoms. The Morgan fingerprint density at radius 2 is 1.80 bits per heavy atom. The zero-order chi connectivity index (χ0) is 29.8. The summed E-state index contributed by atoms with van der Waals surface area (Å²) in [6.07, 6.45) is 9.15. The smallest absolute Gasteiger partial charge is 0.255 e. The van der Waals surface area contributed by atoms with Crippen molar-refractivity contribution in [3.63, 3.8) is 0 Å². The molecule has 0 saturated heterocycles. The molecule has 5 aliphatic rings. The molecule has 44 heavy (non-hydrogen) atoms. The number of amides is 1. The number of azide groups is 1. The Morgan fingerprint density at radius 3 is 2.66 bits per heavy atom. The van der Waals surface area contributed by atoms with Gasteiger partial charge in [0.15, 0.2) is 0 Å². The summed E-state index contributed by atoms with van der Waals surface area (Å²) in [7, 11) is 0.